The van der Waals surface area contributed by atoms with E-state index in [9.17, 15) is 0 Å². The number of rotatable bonds is 0. The van der Waals surface area contributed by atoms with Crippen LogP contribution in [0.1, 0.15) is 0 Å². The van der Waals surface area contributed by atoms with Crippen LogP contribution >= 0.6 is 0 Å². The smallest absolute Gasteiger partial charge is 0.234 e. The molecule has 1 radical (unpaired) electrons. The fraction of sp³-hybridized carbons (Fsp3) is 0. The lowest BCUT2D eigenvalue weighted by atomic mass is 10.6. The lowest BCUT2D eigenvalue weighted by molar-refractivity contribution is 0.554. The zero-order chi connectivity index (χ0) is 5.28. The zero-order valence-electron chi connectivity index (χ0n) is 3.50. The molecule has 1 aliphatic heterocycles. The average Bonchev–Trinajstić information content (AvgIpc) is 1.87. The molecule has 0 aromatic rings. The molecular formula is C3H4N3O. The molecule has 0 amide bonds. The molecule has 0 atom stereocenters. The fourth-order valence-corrected chi connectivity index (χ4v) is 0.299. The third kappa shape index (κ3) is 0.623. The molecule has 0 saturated heterocycles. The molecule has 0 fully saturated rings. The molecule has 1 heterocycles. The average molecular weight is 98.1 g/mol. The lowest BCUT2D eigenvalue weighted by Crippen LogP contribution is -2.01. The predicted octanol–water partition coefficient (Wildman–Crippen LogP) is -0.724. The van der Waals surface area contributed by atoms with E-state index in [4.69, 9.17) is 10.8 Å². The monoisotopic (exact) mass is 98.0 g/mol. The fourth-order valence-electron chi connectivity index (χ4n) is 0.299. The molecule has 1 aliphatic rings. The first-order valence-corrected chi connectivity index (χ1v) is 1.74. The number of aliphatic hydroxyl groups excluding tert-OH is 1. The number of nitrogens with two attached hydrogens (primary N) is 1. The summed E-state index contributed by atoms with van der Waals surface area (Å²) in [5.74, 6) is 0.120. The highest BCUT2D eigenvalue weighted by atomic mass is 16.3. The van der Waals surface area contributed by atoms with Gasteiger partial charge in [0.15, 0.2) is 5.82 Å². The standard InChI is InChI=1S/C3H4N3O/c4-2-1-3(7)6-5-2/h1H,4H2,(H,6,7). The molecule has 0 unspecified atom stereocenters. The highest BCUT2D eigenvalue weighted by Crippen LogP contribution is 1.90. The van der Waals surface area contributed by atoms with Crippen molar-refractivity contribution in [3.05, 3.63) is 11.9 Å². The van der Waals surface area contributed by atoms with E-state index in [0.717, 1.165) is 0 Å². The minimum absolute atomic E-state index is 0.127. The number of hydrogen-bond donors (Lipinski definition) is 2. The molecule has 4 nitrogen and oxygen atoms in total. The van der Waals surface area contributed by atoms with Crippen LogP contribution in [0.5, 0.6) is 0 Å². The second-order valence-corrected chi connectivity index (χ2v) is 1.13. The second kappa shape index (κ2) is 1.14. The Bertz CT molecular complexity index is 137. The summed E-state index contributed by atoms with van der Waals surface area (Å²) in [4.78, 5) is 0. The first-order chi connectivity index (χ1) is 3.29. The summed E-state index contributed by atoms with van der Waals surface area (Å²) < 4.78 is 0. The van der Waals surface area contributed by atoms with Crippen molar-refractivity contribution in [2.75, 3.05) is 0 Å². The molecule has 0 saturated carbocycles. The Labute approximate surface area is 40.3 Å². The van der Waals surface area contributed by atoms with Gasteiger partial charge in [-0.05, 0) is 0 Å². The summed E-state index contributed by atoms with van der Waals surface area (Å²) in [5.41, 5.74) is 8.34. The van der Waals surface area contributed by atoms with Crippen LogP contribution in [0.3, 0.4) is 0 Å². The maximum atomic E-state index is 8.40. The van der Waals surface area contributed by atoms with Crippen molar-refractivity contribution in [1.29, 1.82) is 0 Å². The van der Waals surface area contributed by atoms with E-state index in [-0.39, 0.29) is 11.7 Å². The Balaban J connectivity index is 2.69. The maximum absolute atomic E-state index is 8.40. The van der Waals surface area contributed by atoms with Crippen LogP contribution in [0, 0.1) is 0 Å². The van der Waals surface area contributed by atoms with Gasteiger partial charge in [0.25, 0.3) is 0 Å². The third-order valence-corrected chi connectivity index (χ3v) is 0.545. The topological polar surface area (TPSA) is 72.7 Å². The second-order valence-electron chi connectivity index (χ2n) is 1.13. The van der Waals surface area contributed by atoms with Gasteiger partial charge in [-0.1, -0.05) is 0 Å². The van der Waals surface area contributed by atoms with Gasteiger partial charge >= 0.3 is 0 Å². The van der Waals surface area contributed by atoms with E-state index < -0.39 is 0 Å². The van der Waals surface area contributed by atoms with Crippen molar-refractivity contribution in [2.24, 2.45) is 10.8 Å². The molecule has 3 N–H and O–H groups in total. The van der Waals surface area contributed by atoms with Crippen LogP contribution in [0.25, 0.3) is 0 Å². The summed E-state index contributed by atoms with van der Waals surface area (Å²) in [5, 5.41) is 11.6. The van der Waals surface area contributed by atoms with Crippen molar-refractivity contribution >= 4 is 5.90 Å². The van der Waals surface area contributed by atoms with Crippen LogP contribution in [0.15, 0.2) is 17.0 Å². The van der Waals surface area contributed by atoms with E-state index in [0.29, 0.717) is 0 Å². The van der Waals surface area contributed by atoms with Gasteiger partial charge in [0.05, 0.1) is 0 Å². The Morgan fingerprint density at radius 3 is 2.57 bits per heavy atom. The first-order valence-electron chi connectivity index (χ1n) is 1.74. The largest absolute Gasteiger partial charge is 0.492 e. The van der Waals surface area contributed by atoms with Gasteiger partial charge in [0.1, 0.15) is 0 Å². The van der Waals surface area contributed by atoms with E-state index in [1.54, 1.807) is 0 Å². The predicted molar refractivity (Wildman–Crippen MR) is 24.5 cm³/mol. The molecule has 37 valence electrons. The van der Waals surface area contributed by atoms with Gasteiger partial charge in [-0.3, -0.25) is 0 Å². The highest BCUT2D eigenvalue weighted by Gasteiger charge is 2.01. The highest BCUT2D eigenvalue weighted by molar-refractivity contribution is 5.87. The molecule has 4 heteroatoms. The Hall–Kier alpha value is -1.19. The SMILES string of the molecule is NC1=CC(O)=N[N]1. The van der Waals surface area contributed by atoms with Crippen LogP contribution in [0.4, 0.5) is 0 Å². The third-order valence-electron chi connectivity index (χ3n) is 0.545. The molecule has 7 heavy (non-hydrogen) atoms. The van der Waals surface area contributed by atoms with Crippen molar-refractivity contribution in [3.63, 3.8) is 0 Å². The van der Waals surface area contributed by atoms with E-state index in [2.05, 4.69) is 10.5 Å². The van der Waals surface area contributed by atoms with Crippen molar-refractivity contribution in [2.45, 2.75) is 0 Å². The van der Waals surface area contributed by atoms with Crippen LogP contribution in [0.2, 0.25) is 0 Å². The molecule has 0 aromatic carbocycles. The summed E-state index contributed by atoms with van der Waals surface area (Å²) in [6.07, 6.45) is 1.28. The number of aliphatic hydroxyl groups is 1. The van der Waals surface area contributed by atoms with E-state index in [1.807, 2.05) is 0 Å². The summed E-state index contributed by atoms with van der Waals surface area (Å²) >= 11 is 0. The Kier molecular flexibility index (Phi) is 0.651. The van der Waals surface area contributed by atoms with Crippen molar-refractivity contribution in [1.82, 2.24) is 5.43 Å². The summed E-state index contributed by atoms with van der Waals surface area (Å²) in [6, 6.07) is 0. The summed E-state index contributed by atoms with van der Waals surface area (Å²) in [7, 11) is 0. The van der Waals surface area contributed by atoms with Crippen LogP contribution in [-0.2, 0) is 0 Å². The van der Waals surface area contributed by atoms with Crippen molar-refractivity contribution < 1.29 is 5.11 Å². The Morgan fingerprint density at radius 2 is 2.43 bits per heavy atom. The molecule has 0 aromatic heterocycles. The molecule has 1 rings (SSSR count). The normalized spacial score (nSPS) is 17.7. The Morgan fingerprint density at radius 1 is 1.71 bits per heavy atom. The van der Waals surface area contributed by atoms with Gasteiger partial charge in [0, 0.05) is 6.08 Å². The molecule has 0 aliphatic carbocycles. The first kappa shape index (κ1) is 3.98. The van der Waals surface area contributed by atoms with Crippen LogP contribution in [-0.4, -0.2) is 11.0 Å². The van der Waals surface area contributed by atoms with E-state index >= 15 is 0 Å². The number of nitrogens with zero attached hydrogens (tertiary/aromatic N) is 2. The van der Waals surface area contributed by atoms with E-state index in [1.165, 1.54) is 6.08 Å². The quantitative estimate of drug-likeness (QED) is 0.419. The molecular weight excluding hydrogens is 94.1 g/mol. The van der Waals surface area contributed by atoms with Gasteiger partial charge < -0.3 is 10.8 Å². The zero-order valence-corrected chi connectivity index (χ0v) is 3.50. The van der Waals surface area contributed by atoms with Gasteiger partial charge in [-0.25, -0.2) is 0 Å². The lowest BCUT2D eigenvalue weighted by Gasteiger charge is -1.78. The minimum atomic E-state index is -0.127. The van der Waals surface area contributed by atoms with Gasteiger partial charge in [-0.2, -0.15) is 0 Å². The minimum Gasteiger partial charge on any atom is -0.492 e. The van der Waals surface area contributed by atoms with Crippen LogP contribution < -0.4 is 11.2 Å². The van der Waals surface area contributed by atoms with Gasteiger partial charge in [-0.15, -0.1) is 10.5 Å². The molecule has 0 spiro atoms. The van der Waals surface area contributed by atoms with Crippen molar-refractivity contribution in [3.8, 4) is 0 Å². The number of hydrogen-bond acceptors (Lipinski definition) is 2. The summed E-state index contributed by atoms with van der Waals surface area (Å²) in [6.45, 7) is 0. The molecule has 0 bridgehead atoms. The van der Waals surface area contributed by atoms with Gasteiger partial charge in [0.2, 0.25) is 5.90 Å². The maximum Gasteiger partial charge on any atom is 0.234 e.